The second-order valence-corrected chi connectivity index (χ2v) is 8.97. The molecule has 3 aliphatic rings. The molecule has 2 bridgehead atoms. The van der Waals surface area contributed by atoms with Crippen LogP contribution in [0.1, 0.15) is 52.9 Å². The van der Waals surface area contributed by atoms with Crippen LogP contribution in [-0.4, -0.2) is 55.1 Å². The van der Waals surface area contributed by atoms with E-state index in [4.69, 9.17) is 4.74 Å². The average molecular weight is 336 g/mol. The predicted octanol–water partition coefficient (Wildman–Crippen LogP) is 3.14. The average Bonchev–Trinajstić information content (AvgIpc) is 2.87. The van der Waals surface area contributed by atoms with Gasteiger partial charge in [0.05, 0.1) is 5.92 Å². The van der Waals surface area contributed by atoms with Crippen LogP contribution in [0.25, 0.3) is 0 Å². The zero-order valence-electron chi connectivity index (χ0n) is 15.8. The van der Waals surface area contributed by atoms with Gasteiger partial charge in [-0.1, -0.05) is 20.8 Å². The number of likely N-dealkylation sites (tertiary alicyclic amines) is 1. The third-order valence-electron chi connectivity index (χ3n) is 7.45. The number of esters is 1. The van der Waals surface area contributed by atoms with E-state index in [9.17, 15) is 9.59 Å². The Morgan fingerprint density at radius 1 is 1.08 bits per heavy atom. The Balaban J connectivity index is 1.55. The molecule has 24 heavy (non-hydrogen) atoms. The first-order chi connectivity index (χ1) is 11.2. The number of rotatable bonds is 2. The summed E-state index contributed by atoms with van der Waals surface area (Å²) in [6.07, 6.45) is 4.96. The van der Waals surface area contributed by atoms with Crippen molar-refractivity contribution in [1.29, 1.82) is 0 Å². The number of nitrogens with zero attached hydrogens (tertiary/aromatic N) is 2. The van der Waals surface area contributed by atoms with Crippen LogP contribution in [-0.2, 0) is 9.53 Å². The topological polar surface area (TPSA) is 49.9 Å². The quantitative estimate of drug-likeness (QED) is 0.728. The van der Waals surface area contributed by atoms with Gasteiger partial charge >= 0.3 is 12.0 Å². The largest absolute Gasteiger partial charge is 0.462 e. The van der Waals surface area contributed by atoms with Gasteiger partial charge in [-0.05, 0) is 43.4 Å². The first-order valence-corrected chi connectivity index (χ1v) is 9.33. The molecule has 2 amide bonds. The predicted molar refractivity (Wildman–Crippen MR) is 92.5 cm³/mol. The number of fused-ring (bicyclic) bond motifs is 2. The molecule has 0 unspecified atom stereocenters. The van der Waals surface area contributed by atoms with Gasteiger partial charge in [-0.3, -0.25) is 4.79 Å². The first kappa shape index (κ1) is 17.6. The van der Waals surface area contributed by atoms with Crippen molar-refractivity contribution in [3.63, 3.8) is 0 Å². The molecule has 136 valence electrons. The highest BCUT2D eigenvalue weighted by atomic mass is 16.5. The minimum absolute atomic E-state index is 0.0316. The van der Waals surface area contributed by atoms with Crippen molar-refractivity contribution in [3.8, 4) is 0 Å². The number of piperidine rings is 1. The summed E-state index contributed by atoms with van der Waals surface area (Å²) in [5.41, 5.74) is 0.383. The first-order valence-electron chi connectivity index (χ1n) is 9.33. The summed E-state index contributed by atoms with van der Waals surface area (Å²) in [5, 5.41) is 0. The van der Waals surface area contributed by atoms with E-state index in [1.807, 2.05) is 4.90 Å². The highest BCUT2D eigenvalue weighted by molar-refractivity contribution is 5.76. The van der Waals surface area contributed by atoms with Gasteiger partial charge in [0.1, 0.15) is 6.10 Å². The molecule has 3 rings (SSSR count). The highest BCUT2D eigenvalue weighted by Crippen LogP contribution is 2.66. The fourth-order valence-corrected chi connectivity index (χ4v) is 5.13. The Kier molecular flexibility index (Phi) is 4.33. The van der Waals surface area contributed by atoms with Crippen LogP contribution in [0.4, 0.5) is 4.79 Å². The number of urea groups is 1. The standard InChI is InChI=1S/C19H32N2O3/c1-18(2)14-6-9-19(18,3)15(12-14)24-16(22)13-7-10-21(11-8-13)17(23)20(4)5/h13-15H,6-12H2,1-5H3/t14-,15+,19+/m0/s1. The van der Waals surface area contributed by atoms with E-state index in [0.717, 1.165) is 6.42 Å². The van der Waals surface area contributed by atoms with Gasteiger partial charge in [0, 0.05) is 32.6 Å². The van der Waals surface area contributed by atoms with E-state index in [1.165, 1.54) is 12.8 Å². The van der Waals surface area contributed by atoms with Crippen LogP contribution in [0, 0.1) is 22.7 Å². The normalized spacial score (nSPS) is 35.1. The molecule has 2 aliphatic carbocycles. The summed E-state index contributed by atoms with van der Waals surface area (Å²) in [6.45, 7) is 8.27. The summed E-state index contributed by atoms with van der Waals surface area (Å²) in [7, 11) is 3.53. The minimum Gasteiger partial charge on any atom is -0.462 e. The van der Waals surface area contributed by atoms with Gasteiger partial charge in [-0.2, -0.15) is 0 Å². The second-order valence-electron chi connectivity index (χ2n) is 8.97. The SMILES string of the molecule is CN(C)C(=O)N1CCC(C(=O)O[C@@H]2C[C@@H]3CC[C@@]2(C)C3(C)C)CC1. The Hall–Kier alpha value is -1.26. The van der Waals surface area contributed by atoms with Crippen LogP contribution < -0.4 is 0 Å². The van der Waals surface area contributed by atoms with Crippen molar-refractivity contribution >= 4 is 12.0 Å². The fourth-order valence-electron chi connectivity index (χ4n) is 5.13. The van der Waals surface area contributed by atoms with Crippen molar-refractivity contribution in [2.24, 2.45) is 22.7 Å². The lowest BCUT2D eigenvalue weighted by molar-refractivity contribution is -0.163. The van der Waals surface area contributed by atoms with Crippen LogP contribution in [0.2, 0.25) is 0 Å². The van der Waals surface area contributed by atoms with Crippen LogP contribution in [0.15, 0.2) is 0 Å². The Bertz CT molecular complexity index is 523. The fraction of sp³-hybridized carbons (Fsp3) is 0.895. The molecule has 5 heteroatoms. The van der Waals surface area contributed by atoms with Gasteiger partial charge in [-0.15, -0.1) is 0 Å². The Morgan fingerprint density at radius 2 is 1.71 bits per heavy atom. The van der Waals surface area contributed by atoms with Gasteiger partial charge in [0.2, 0.25) is 0 Å². The molecule has 3 fully saturated rings. The third-order valence-corrected chi connectivity index (χ3v) is 7.45. The Labute approximate surface area is 145 Å². The van der Waals surface area contributed by atoms with Gasteiger partial charge in [-0.25, -0.2) is 4.79 Å². The molecule has 0 radical (unpaired) electrons. The molecule has 1 saturated heterocycles. The van der Waals surface area contributed by atoms with Crippen LogP contribution in [0.3, 0.4) is 0 Å². The molecule has 5 nitrogen and oxygen atoms in total. The number of hydrogen-bond donors (Lipinski definition) is 0. The maximum atomic E-state index is 12.7. The summed E-state index contributed by atoms with van der Waals surface area (Å²) >= 11 is 0. The van der Waals surface area contributed by atoms with Crippen LogP contribution in [0.5, 0.6) is 0 Å². The molecule has 0 aromatic rings. The summed E-state index contributed by atoms with van der Waals surface area (Å²) in [4.78, 5) is 28.1. The van der Waals surface area contributed by atoms with E-state index >= 15 is 0 Å². The van der Waals surface area contributed by atoms with E-state index in [1.54, 1.807) is 19.0 Å². The Morgan fingerprint density at radius 3 is 2.17 bits per heavy atom. The minimum atomic E-state index is -0.0537. The lowest BCUT2D eigenvalue weighted by Gasteiger charge is -2.39. The van der Waals surface area contributed by atoms with Gasteiger partial charge in [0.15, 0.2) is 0 Å². The maximum absolute atomic E-state index is 12.7. The highest BCUT2D eigenvalue weighted by Gasteiger charge is 2.63. The van der Waals surface area contributed by atoms with Crippen molar-refractivity contribution in [3.05, 3.63) is 0 Å². The van der Waals surface area contributed by atoms with Crippen molar-refractivity contribution in [2.45, 2.75) is 59.0 Å². The molecule has 0 aromatic carbocycles. The molecular formula is C19H32N2O3. The molecule has 1 heterocycles. The summed E-state index contributed by atoms with van der Waals surface area (Å²) < 4.78 is 6.01. The molecule has 2 saturated carbocycles. The third kappa shape index (κ3) is 2.60. The summed E-state index contributed by atoms with van der Waals surface area (Å²) in [6, 6.07) is 0.0316. The molecule has 0 spiro atoms. The van der Waals surface area contributed by atoms with Crippen molar-refractivity contribution < 1.29 is 14.3 Å². The lowest BCUT2D eigenvalue weighted by Crippen LogP contribution is -2.46. The maximum Gasteiger partial charge on any atom is 0.319 e. The molecular weight excluding hydrogens is 304 g/mol. The van der Waals surface area contributed by atoms with Crippen molar-refractivity contribution in [2.75, 3.05) is 27.2 Å². The zero-order valence-corrected chi connectivity index (χ0v) is 15.8. The molecule has 0 N–H and O–H groups in total. The van der Waals surface area contributed by atoms with Crippen LogP contribution >= 0.6 is 0 Å². The molecule has 1 aliphatic heterocycles. The molecule has 3 atom stereocenters. The van der Waals surface area contributed by atoms with Gasteiger partial charge in [0.25, 0.3) is 0 Å². The monoisotopic (exact) mass is 336 g/mol. The van der Waals surface area contributed by atoms with Gasteiger partial charge < -0.3 is 14.5 Å². The van der Waals surface area contributed by atoms with E-state index in [-0.39, 0.29) is 34.9 Å². The molecule has 0 aromatic heterocycles. The number of hydrogen-bond acceptors (Lipinski definition) is 3. The zero-order chi connectivity index (χ0) is 17.7. The van der Waals surface area contributed by atoms with E-state index < -0.39 is 0 Å². The lowest BCUT2D eigenvalue weighted by atomic mass is 9.70. The number of carbonyl (C=O) groups excluding carboxylic acids is 2. The smallest absolute Gasteiger partial charge is 0.319 e. The second kappa shape index (κ2) is 5.92. The number of ether oxygens (including phenoxy) is 1. The number of carbonyl (C=O) groups is 2. The summed E-state index contributed by atoms with van der Waals surface area (Å²) in [5.74, 6) is 0.587. The van der Waals surface area contributed by atoms with E-state index in [2.05, 4.69) is 20.8 Å². The van der Waals surface area contributed by atoms with Crippen molar-refractivity contribution in [1.82, 2.24) is 9.80 Å². The van der Waals surface area contributed by atoms with E-state index in [0.29, 0.717) is 31.8 Å². The number of amides is 2.